The molecule has 170 valence electrons. The number of nitrogens with one attached hydrogen (secondary N) is 2. The molecule has 6 nitrogen and oxygen atoms in total. The molecule has 2 N–H and O–H groups in total. The number of carbonyl (C=O) groups is 1. The molecule has 0 heterocycles. The zero-order valence-electron chi connectivity index (χ0n) is 19.1. The summed E-state index contributed by atoms with van der Waals surface area (Å²) in [5, 5.41) is 6.70. The number of hydrogen-bond acceptors (Lipinski definition) is 3. The molecule has 2 aromatic carbocycles. The average Bonchev–Trinajstić information content (AvgIpc) is 2.77. The van der Waals surface area contributed by atoms with E-state index in [-0.39, 0.29) is 29.9 Å². The third kappa shape index (κ3) is 9.59. The predicted octanol–water partition coefficient (Wildman–Crippen LogP) is 3.98. The molecule has 0 bridgehead atoms. The molecule has 0 fully saturated rings. The maximum absolute atomic E-state index is 12.0. The fourth-order valence-corrected chi connectivity index (χ4v) is 3.02. The smallest absolute Gasteiger partial charge is 0.253 e. The molecule has 7 heteroatoms. The highest BCUT2D eigenvalue weighted by atomic mass is 127. The Labute approximate surface area is 204 Å². The summed E-state index contributed by atoms with van der Waals surface area (Å²) in [6, 6.07) is 18.1. The molecule has 0 aromatic heterocycles. The summed E-state index contributed by atoms with van der Waals surface area (Å²) < 4.78 is 0. The molecule has 31 heavy (non-hydrogen) atoms. The Hall–Kier alpha value is -2.29. The molecule has 0 aliphatic heterocycles. The lowest BCUT2D eigenvalue weighted by atomic mass is 10.1. The van der Waals surface area contributed by atoms with Gasteiger partial charge in [0.25, 0.3) is 5.91 Å². The Balaban J connectivity index is 0.00000480. The van der Waals surface area contributed by atoms with Gasteiger partial charge < -0.3 is 20.4 Å². The van der Waals surface area contributed by atoms with Crippen molar-refractivity contribution in [2.24, 2.45) is 4.99 Å². The van der Waals surface area contributed by atoms with Crippen LogP contribution in [0.5, 0.6) is 0 Å². The number of anilines is 1. The van der Waals surface area contributed by atoms with Gasteiger partial charge in [-0.05, 0) is 49.6 Å². The molecule has 0 radical (unpaired) electrons. The predicted molar refractivity (Wildman–Crippen MR) is 142 cm³/mol. The van der Waals surface area contributed by atoms with Crippen molar-refractivity contribution in [3.8, 4) is 0 Å². The topological polar surface area (TPSA) is 60.0 Å². The maximum Gasteiger partial charge on any atom is 0.253 e. The minimum Gasteiger partial charge on any atom is -0.375 e. The van der Waals surface area contributed by atoms with E-state index in [4.69, 9.17) is 0 Å². The molecule has 0 aliphatic carbocycles. The Morgan fingerprint density at radius 2 is 1.61 bits per heavy atom. The number of guanidine groups is 1. The van der Waals surface area contributed by atoms with E-state index < -0.39 is 0 Å². The third-order valence-electron chi connectivity index (χ3n) is 4.78. The van der Waals surface area contributed by atoms with E-state index in [1.54, 1.807) is 19.0 Å². The van der Waals surface area contributed by atoms with E-state index in [0.29, 0.717) is 12.1 Å². The van der Waals surface area contributed by atoms with Gasteiger partial charge in [0.2, 0.25) is 0 Å². The maximum atomic E-state index is 12.0. The number of unbranched alkanes of at least 4 members (excludes halogenated alkanes) is 1. The molecule has 0 spiro atoms. The van der Waals surface area contributed by atoms with Gasteiger partial charge in [-0.2, -0.15) is 0 Å². The van der Waals surface area contributed by atoms with Gasteiger partial charge in [0.15, 0.2) is 5.96 Å². The highest BCUT2D eigenvalue weighted by molar-refractivity contribution is 14.0. The zero-order chi connectivity index (χ0) is 21.8. The second-order valence-corrected chi connectivity index (χ2v) is 7.48. The summed E-state index contributed by atoms with van der Waals surface area (Å²) in [5.41, 5.74) is 3.02. The van der Waals surface area contributed by atoms with Crippen molar-refractivity contribution in [1.82, 2.24) is 15.5 Å². The van der Waals surface area contributed by atoms with Crippen LogP contribution in [0.2, 0.25) is 0 Å². The van der Waals surface area contributed by atoms with Crippen molar-refractivity contribution in [3.05, 3.63) is 65.7 Å². The van der Waals surface area contributed by atoms with Crippen molar-refractivity contribution in [1.29, 1.82) is 0 Å². The molecule has 0 saturated heterocycles. The van der Waals surface area contributed by atoms with Crippen molar-refractivity contribution >= 4 is 41.5 Å². The fourth-order valence-electron chi connectivity index (χ4n) is 3.02. The Morgan fingerprint density at radius 1 is 0.935 bits per heavy atom. The van der Waals surface area contributed by atoms with Crippen LogP contribution in [0.4, 0.5) is 5.69 Å². The minimum atomic E-state index is 0. The van der Waals surface area contributed by atoms with Crippen LogP contribution in [-0.4, -0.2) is 57.5 Å². The number of halogens is 1. The van der Waals surface area contributed by atoms with Gasteiger partial charge in [0.1, 0.15) is 0 Å². The van der Waals surface area contributed by atoms with E-state index in [0.717, 1.165) is 44.0 Å². The molecule has 0 saturated carbocycles. The van der Waals surface area contributed by atoms with E-state index in [9.17, 15) is 4.79 Å². The van der Waals surface area contributed by atoms with E-state index in [1.807, 2.05) is 30.3 Å². The van der Waals surface area contributed by atoms with Gasteiger partial charge in [-0.25, -0.2) is 4.99 Å². The summed E-state index contributed by atoms with van der Waals surface area (Å²) in [6.07, 6.45) is 2.18. The molecular weight excluding hydrogens is 501 g/mol. The number of carbonyl (C=O) groups excluding carboxylic acids is 1. The molecular formula is C24H36IN5O. The van der Waals surface area contributed by atoms with Crippen molar-refractivity contribution in [2.45, 2.75) is 26.3 Å². The largest absolute Gasteiger partial charge is 0.375 e. The van der Waals surface area contributed by atoms with Crippen LogP contribution in [0, 0.1) is 0 Å². The summed E-state index contributed by atoms with van der Waals surface area (Å²) in [5.74, 6) is 0.834. The number of benzene rings is 2. The molecule has 2 rings (SSSR count). The number of nitrogens with zero attached hydrogens (tertiary/aromatic N) is 3. The monoisotopic (exact) mass is 537 g/mol. The third-order valence-corrected chi connectivity index (χ3v) is 4.78. The second-order valence-electron chi connectivity index (χ2n) is 7.48. The summed E-state index contributed by atoms with van der Waals surface area (Å²) >= 11 is 0. The Kier molecular flexibility index (Phi) is 12.7. The normalized spacial score (nSPS) is 10.8. The highest BCUT2D eigenvalue weighted by Gasteiger charge is 2.07. The highest BCUT2D eigenvalue weighted by Crippen LogP contribution is 2.11. The molecule has 2 aromatic rings. The van der Waals surface area contributed by atoms with Crippen molar-refractivity contribution in [3.63, 3.8) is 0 Å². The number of rotatable bonds is 10. The van der Waals surface area contributed by atoms with Crippen LogP contribution in [-0.2, 0) is 6.54 Å². The number of aliphatic imine (C=N–C) groups is 1. The van der Waals surface area contributed by atoms with E-state index >= 15 is 0 Å². The average molecular weight is 537 g/mol. The van der Waals surface area contributed by atoms with Crippen LogP contribution >= 0.6 is 24.0 Å². The summed E-state index contributed by atoms with van der Waals surface area (Å²) in [7, 11) is 5.65. The van der Waals surface area contributed by atoms with E-state index in [2.05, 4.69) is 58.8 Å². The first kappa shape index (κ1) is 26.7. The first-order valence-electron chi connectivity index (χ1n) is 10.6. The fraction of sp³-hybridized carbons (Fsp3) is 0.417. The summed E-state index contributed by atoms with van der Waals surface area (Å²) in [6.45, 7) is 5.36. The van der Waals surface area contributed by atoms with E-state index in [1.165, 1.54) is 5.69 Å². The van der Waals surface area contributed by atoms with Crippen LogP contribution < -0.4 is 15.5 Å². The number of amides is 1. The lowest BCUT2D eigenvalue weighted by molar-refractivity contribution is 0.0827. The zero-order valence-corrected chi connectivity index (χ0v) is 21.4. The van der Waals surface area contributed by atoms with Gasteiger partial charge in [-0.1, -0.05) is 30.3 Å². The van der Waals surface area contributed by atoms with Gasteiger partial charge in [-0.15, -0.1) is 24.0 Å². The van der Waals surface area contributed by atoms with Gasteiger partial charge in [-0.3, -0.25) is 4.79 Å². The lowest BCUT2D eigenvalue weighted by Crippen LogP contribution is -2.38. The quantitative estimate of drug-likeness (QED) is 0.209. The number of para-hydroxylation sites is 1. The molecule has 0 unspecified atom stereocenters. The van der Waals surface area contributed by atoms with Gasteiger partial charge in [0, 0.05) is 52.0 Å². The van der Waals surface area contributed by atoms with Crippen LogP contribution in [0.1, 0.15) is 35.7 Å². The molecule has 1 amide bonds. The van der Waals surface area contributed by atoms with Crippen LogP contribution in [0.25, 0.3) is 0 Å². The Bertz CT molecular complexity index is 793. The first-order valence-corrected chi connectivity index (χ1v) is 10.6. The SMILES string of the molecule is CCNC(=NCc1ccc(C(=O)N(C)C)cc1)NCCCCN(C)c1ccccc1.I. The van der Waals surface area contributed by atoms with Gasteiger partial charge in [0.05, 0.1) is 6.54 Å². The van der Waals surface area contributed by atoms with Gasteiger partial charge >= 0.3 is 0 Å². The standard InChI is InChI=1S/C24H35N5O.HI/c1-5-25-24(26-17-9-10-18-29(4)22-11-7-6-8-12-22)27-19-20-13-15-21(16-14-20)23(30)28(2)3;/h6-8,11-16H,5,9-10,17-19H2,1-4H3,(H2,25,26,27);1H. The van der Waals surface area contributed by atoms with Crippen LogP contribution in [0.15, 0.2) is 59.6 Å². The second kappa shape index (κ2) is 14.7. The minimum absolute atomic E-state index is 0. The molecule has 0 atom stereocenters. The Morgan fingerprint density at radius 3 is 2.23 bits per heavy atom. The first-order chi connectivity index (χ1) is 14.5. The number of hydrogen-bond donors (Lipinski definition) is 2. The van der Waals surface area contributed by atoms with Crippen molar-refractivity contribution in [2.75, 3.05) is 45.7 Å². The lowest BCUT2D eigenvalue weighted by Gasteiger charge is -2.19. The molecule has 0 aliphatic rings. The van der Waals surface area contributed by atoms with Crippen molar-refractivity contribution < 1.29 is 4.79 Å². The summed E-state index contributed by atoms with van der Waals surface area (Å²) in [4.78, 5) is 20.5. The van der Waals surface area contributed by atoms with Crippen LogP contribution in [0.3, 0.4) is 0 Å².